The fraction of sp³-hybridized carbons (Fsp3) is 0.429. The number of benzene rings is 1. The summed E-state index contributed by atoms with van der Waals surface area (Å²) in [7, 11) is 0. The Bertz CT molecular complexity index is 937. The monoisotopic (exact) mass is 496 g/mol. The van der Waals surface area contributed by atoms with Gasteiger partial charge in [0.25, 0.3) is 0 Å². The van der Waals surface area contributed by atoms with Crippen LogP contribution in [0.15, 0.2) is 30.3 Å². The molecule has 9 N–H and O–H groups in total. The van der Waals surface area contributed by atoms with Crippen molar-refractivity contribution in [2.75, 3.05) is 0 Å². The smallest absolute Gasteiger partial charge is 0.328 e. The van der Waals surface area contributed by atoms with E-state index in [1.165, 1.54) is 0 Å². The molecule has 0 aliphatic carbocycles. The molecule has 35 heavy (non-hydrogen) atoms. The molecule has 1 aromatic rings. The average Bonchev–Trinajstić information content (AvgIpc) is 2.75. The number of aliphatic carboxylic acids is 3. The summed E-state index contributed by atoms with van der Waals surface area (Å²) in [6.45, 7) is 1.07. The Hall–Kier alpha value is -4.04. The number of amides is 3. The lowest BCUT2D eigenvalue weighted by atomic mass is 10.0. The first-order valence-corrected chi connectivity index (χ1v) is 10.4. The van der Waals surface area contributed by atoms with Gasteiger partial charge >= 0.3 is 17.9 Å². The maximum atomic E-state index is 12.7. The lowest BCUT2D eigenvalue weighted by Gasteiger charge is -2.24. The van der Waals surface area contributed by atoms with E-state index in [0.29, 0.717) is 5.56 Å². The van der Waals surface area contributed by atoms with Crippen molar-refractivity contribution in [1.82, 2.24) is 16.0 Å². The Morgan fingerprint density at radius 3 is 1.69 bits per heavy atom. The van der Waals surface area contributed by atoms with Crippen LogP contribution in [0, 0.1) is 0 Å². The number of carbonyl (C=O) groups excluding carboxylic acids is 3. The number of aliphatic hydroxyl groups excluding tert-OH is 1. The number of carbonyl (C=O) groups is 6. The molecule has 0 fully saturated rings. The second kappa shape index (κ2) is 13.6. The largest absolute Gasteiger partial charge is 0.481 e. The molecule has 5 atom stereocenters. The molecular weight excluding hydrogens is 468 g/mol. The maximum Gasteiger partial charge on any atom is 0.328 e. The highest BCUT2D eigenvalue weighted by molar-refractivity contribution is 5.96. The van der Waals surface area contributed by atoms with Gasteiger partial charge in [0.15, 0.2) is 6.04 Å². The molecule has 0 heterocycles. The number of hydrogen-bond donors (Lipinski definition) is 8. The van der Waals surface area contributed by atoms with Crippen LogP contribution in [0.5, 0.6) is 0 Å². The summed E-state index contributed by atoms with van der Waals surface area (Å²) < 4.78 is 0. The summed E-state index contributed by atoms with van der Waals surface area (Å²) in [5.74, 6) is -7.97. The molecule has 1 aromatic carbocycles. The maximum absolute atomic E-state index is 12.7. The molecule has 0 aliphatic heterocycles. The van der Waals surface area contributed by atoms with Gasteiger partial charge in [0, 0.05) is 0 Å². The minimum atomic E-state index is -1.84. The van der Waals surface area contributed by atoms with Crippen molar-refractivity contribution in [3.63, 3.8) is 0 Å². The van der Waals surface area contributed by atoms with Gasteiger partial charge in [-0.15, -0.1) is 0 Å². The molecule has 0 aliphatic rings. The molecule has 3 amide bonds. The molecule has 14 heteroatoms. The van der Waals surface area contributed by atoms with Crippen LogP contribution in [0.2, 0.25) is 0 Å². The predicted molar refractivity (Wildman–Crippen MR) is 118 cm³/mol. The first kappa shape index (κ1) is 29.0. The third kappa shape index (κ3) is 10.2. The normalized spacial score (nSPS) is 14.9. The van der Waals surface area contributed by atoms with Gasteiger partial charge in [-0.25, -0.2) is 4.79 Å². The summed E-state index contributed by atoms with van der Waals surface area (Å²) in [6, 6.07) is 2.10. The lowest BCUT2D eigenvalue weighted by molar-refractivity contribution is -0.146. The highest BCUT2D eigenvalue weighted by atomic mass is 16.4. The first-order valence-electron chi connectivity index (χ1n) is 10.4. The SMILES string of the molecule is CC(O)C(NC(=O)C(CC(=O)O)NC(=O)C(CC(=O)O)NC(=O)C(N)Cc1ccccc1)C(=O)O. The van der Waals surface area contributed by atoms with E-state index in [1.807, 2.05) is 10.6 Å². The Morgan fingerprint density at radius 1 is 0.800 bits per heavy atom. The number of nitrogens with one attached hydrogen (secondary N) is 3. The van der Waals surface area contributed by atoms with Crippen molar-refractivity contribution < 1.29 is 49.2 Å². The van der Waals surface area contributed by atoms with Gasteiger partial charge in [-0.1, -0.05) is 30.3 Å². The molecule has 0 spiro atoms. The molecule has 14 nitrogen and oxygen atoms in total. The van der Waals surface area contributed by atoms with Gasteiger partial charge < -0.3 is 42.1 Å². The molecule has 0 saturated carbocycles. The van der Waals surface area contributed by atoms with Crippen molar-refractivity contribution in [1.29, 1.82) is 0 Å². The van der Waals surface area contributed by atoms with Gasteiger partial charge in [0.05, 0.1) is 25.0 Å². The van der Waals surface area contributed by atoms with E-state index in [0.717, 1.165) is 6.92 Å². The zero-order chi connectivity index (χ0) is 26.7. The zero-order valence-corrected chi connectivity index (χ0v) is 18.7. The van der Waals surface area contributed by atoms with E-state index < -0.39 is 78.7 Å². The molecule has 0 bridgehead atoms. The highest BCUT2D eigenvalue weighted by Crippen LogP contribution is 2.04. The lowest BCUT2D eigenvalue weighted by Crippen LogP contribution is -2.59. The molecule has 1 rings (SSSR count). The molecular formula is C21H28N4O10. The van der Waals surface area contributed by atoms with E-state index in [2.05, 4.69) is 5.32 Å². The first-order chi connectivity index (χ1) is 16.3. The highest BCUT2D eigenvalue weighted by Gasteiger charge is 2.33. The quantitative estimate of drug-likeness (QED) is 0.133. The van der Waals surface area contributed by atoms with Gasteiger partial charge in [-0.05, 0) is 18.9 Å². The number of rotatable bonds is 14. The Labute approximate surface area is 199 Å². The second-order valence-corrected chi connectivity index (χ2v) is 7.68. The number of nitrogens with two attached hydrogens (primary N) is 1. The number of carboxylic acid groups (broad SMARTS) is 3. The van der Waals surface area contributed by atoms with Crippen LogP contribution in [0.4, 0.5) is 0 Å². The van der Waals surface area contributed by atoms with E-state index in [-0.39, 0.29) is 6.42 Å². The van der Waals surface area contributed by atoms with Crippen molar-refractivity contribution >= 4 is 35.6 Å². The summed E-state index contributed by atoms with van der Waals surface area (Å²) in [5, 5.41) is 42.8. The van der Waals surface area contributed by atoms with Crippen molar-refractivity contribution in [2.24, 2.45) is 5.73 Å². The molecule has 0 aromatic heterocycles. The number of carboxylic acids is 3. The predicted octanol–water partition coefficient (Wildman–Crippen LogP) is -2.57. The number of aliphatic hydroxyl groups is 1. The third-order valence-electron chi connectivity index (χ3n) is 4.70. The Kier molecular flexibility index (Phi) is 11.3. The Morgan fingerprint density at radius 2 is 1.26 bits per heavy atom. The second-order valence-electron chi connectivity index (χ2n) is 7.68. The molecule has 0 radical (unpaired) electrons. The molecule has 192 valence electrons. The van der Waals surface area contributed by atoms with Crippen molar-refractivity contribution in [2.45, 2.75) is 56.5 Å². The van der Waals surface area contributed by atoms with E-state index >= 15 is 0 Å². The van der Waals surface area contributed by atoms with Crippen LogP contribution in [0.3, 0.4) is 0 Å². The van der Waals surface area contributed by atoms with E-state index in [9.17, 15) is 33.9 Å². The van der Waals surface area contributed by atoms with Gasteiger partial charge in [0.1, 0.15) is 12.1 Å². The van der Waals surface area contributed by atoms with Crippen LogP contribution in [0.1, 0.15) is 25.3 Å². The fourth-order valence-corrected chi connectivity index (χ4v) is 2.92. The average molecular weight is 496 g/mol. The summed E-state index contributed by atoms with van der Waals surface area (Å²) in [6.07, 6.45) is -3.38. The van der Waals surface area contributed by atoms with Crippen LogP contribution in [-0.4, -0.2) is 86.3 Å². The van der Waals surface area contributed by atoms with Crippen LogP contribution >= 0.6 is 0 Å². The minimum absolute atomic E-state index is 0.0774. The standard InChI is InChI=1S/C21H28N4O10/c1-10(26)17(21(34)35)25-20(33)14(9-16(29)30)24-19(32)13(8-15(27)28)23-18(31)12(22)7-11-5-3-2-4-6-11/h2-6,10,12-14,17,26H,7-9,22H2,1H3,(H,23,31)(H,24,32)(H,25,33)(H,27,28)(H,29,30)(H,34,35). The van der Waals surface area contributed by atoms with Gasteiger partial charge in [0.2, 0.25) is 17.7 Å². The topological polar surface area (TPSA) is 245 Å². The van der Waals surface area contributed by atoms with Crippen LogP contribution in [-0.2, 0) is 35.2 Å². The molecule has 5 unspecified atom stereocenters. The van der Waals surface area contributed by atoms with Crippen LogP contribution < -0.4 is 21.7 Å². The van der Waals surface area contributed by atoms with E-state index in [1.54, 1.807) is 30.3 Å². The summed E-state index contributed by atoms with van der Waals surface area (Å²) in [5.41, 5.74) is 6.55. The molecule has 0 saturated heterocycles. The summed E-state index contributed by atoms with van der Waals surface area (Å²) in [4.78, 5) is 71.1. The van der Waals surface area contributed by atoms with Gasteiger partial charge in [-0.2, -0.15) is 0 Å². The zero-order valence-electron chi connectivity index (χ0n) is 18.7. The van der Waals surface area contributed by atoms with Gasteiger partial charge in [-0.3, -0.25) is 24.0 Å². The van der Waals surface area contributed by atoms with Crippen LogP contribution in [0.25, 0.3) is 0 Å². The summed E-state index contributed by atoms with van der Waals surface area (Å²) >= 11 is 0. The fourth-order valence-electron chi connectivity index (χ4n) is 2.92. The van der Waals surface area contributed by atoms with Crippen molar-refractivity contribution in [3.05, 3.63) is 35.9 Å². The van der Waals surface area contributed by atoms with Crippen molar-refractivity contribution in [3.8, 4) is 0 Å². The third-order valence-corrected chi connectivity index (χ3v) is 4.70. The number of hydrogen-bond acceptors (Lipinski definition) is 8. The van der Waals surface area contributed by atoms with E-state index in [4.69, 9.17) is 21.1 Å². The minimum Gasteiger partial charge on any atom is -0.481 e. The Balaban J connectivity index is 2.98.